The van der Waals surface area contributed by atoms with Crippen LogP contribution in [0.5, 0.6) is 0 Å². The molecule has 1 unspecified atom stereocenters. The van der Waals surface area contributed by atoms with Crippen LogP contribution in [0.25, 0.3) is 0 Å². The molecule has 3 heterocycles. The van der Waals surface area contributed by atoms with Gasteiger partial charge in [0.25, 0.3) is 5.91 Å². The average Bonchev–Trinajstić information content (AvgIpc) is 3.11. The highest BCUT2D eigenvalue weighted by atomic mass is 16.5. The summed E-state index contributed by atoms with van der Waals surface area (Å²) < 4.78 is 7.20. The van der Waals surface area contributed by atoms with Gasteiger partial charge < -0.3 is 19.3 Å². The molecule has 0 radical (unpaired) electrons. The topological polar surface area (TPSA) is 71.8 Å². The van der Waals surface area contributed by atoms with E-state index in [1.54, 1.807) is 0 Å². The third-order valence-corrected chi connectivity index (χ3v) is 4.87. The quantitative estimate of drug-likeness (QED) is 0.908. The van der Waals surface area contributed by atoms with Crippen LogP contribution in [-0.4, -0.2) is 45.6 Å². The second-order valence-corrected chi connectivity index (χ2v) is 7.42. The van der Waals surface area contributed by atoms with Crippen molar-refractivity contribution in [2.75, 3.05) is 13.2 Å². The van der Waals surface area contributed by atoms with Crippen LogP contribution in [0.4, 0.5) is 0 Å². The number of hydrogen-bond donors (Lipinski definition) is 1. The van der Waals surface area contributed by atoms with Gasteiger partial charge in [0, 0.05) is 19.1 Å². The fourth-order valence-electron chi connectivity index (χ4n) is 3.74. The fourth-order valence-corrected chi connectivity index (χ4v) is 3.74. The van der Waals surface area contributed by atoms with Gasteiger partial charge in [0.1, 0.15) is 5.69 Å². The molecule has 2 aliphatic heterocycles. The van der Waals surface area contributed by atoms with Crippen molar-refractivity contribution in [2.24, 2.45) is 5.41 Å². The summed E-state index contributed by atoms with van der Waals surface area (Å²) in [5.41, 5.74) is 1.28. The molecule has 3 rings (SSSR count). The summed E-state index contributed by atoms with van der Waals surface area (Å²) in [5.74, 6) is -1.06. The lowest BCUT2D eigenvalue weighted by Gasteiger charge is -2.35. The van der Waals surface area contributed by atoms with Crippen molar-refractivity contribution < 1.29 is 19.4 Å². The van der Waals surface area contributed by atoms with Gasteiger partial charge in [-0.1, -0.05) is 20.8 Å². The Kier molecular flexibility index (Phi) is 3.96. The molecule has 0 aromatic carbocycles. The first kappa shape index (κ1) is 16.1. The standard InChI is InChI=1S/C17H24N2O4/c1-17(2,3)14-5-4-6-19(14)15(20)12-9-11(16(21)22)13-10-23-8-7-18(12)13/h9,14H,4-8,10H2,1-3H3,(H,21,22). The van der Waals surface area contributed by atoms with Crippen LogP contribution in [0.3, 0.4) is 0 Å². The van der Waals surface area contributed by atoms with Crippen LogP contribution in [-0.2, 0) is 17.9 Å². The summed E-state index contributed by atoms with van der Waals surface area (Å²) >= 11 is 0. The first-order valence-corrected chi connectivity index (χ1v) is 8.15. The Balaban J connectivity index is 1.98. The third-order valence-electron chi connectivity index (χ3n) is 4.87. The zero-order chi connectivity index (χ0) is 16.8. The predicted octanol–water partition coefficient (Wildman–Crippen LogP) is 2.37. The summed E-state index contributed by atoms with van der Waals surface area (Å²) in [7, 11) is 0. The normalized spacial score (nSPS) is 21.3. The van der Waals surface area contributed by atoms with Crippen molar-refractivity contribution in [3.8, 4) is 0 Å². The van der Waals surface area contributed by atoms with E-state index in [4.69, 9.17) is 4.74 Å². The Hall–Kier alpha value is -1.82. The van der Waals surface area contributed by atoms with Gasteiger partial charge in [-0.25, -0.2) is 4.79 Å². The van der Waals surface area contributed by atoms with Crippen molar-refractivity contribution >= 4 is 11.9 Å². The largest absolute Gasteiger partial charge is 0.478 e. The molecule has 6 heteroatoms. The molecule has 23 heavy (non-hydrogen) atoms. The van der Waals surface area contributed by atoms with E-state index in [-0.39, 0.29) is 29.5 Å². The number of aromatic nitrogens is 1. The molecular weight excluding hydrogens is 296 g/mol. The number of carboxylic acid groups (broad SMARTS) is 1. The summed E-state index contributed by atoms with van der Waals surface area (Å²) in [4.78, 5) is 26.5. The van der Waals surface area contributed by atoms with Crippen LogP contribution in [0, 0.1) is 5.41 Å². The minimum atomic E-state index is -1.01. The van der Waals surface area contributed by atoms with Gasteiger partial charge in [-0.05, 0) is 24.3 Å². The Morgan fingerprint density at radius 1 is 1.30 bits per heavy atom. The molecule has 6 nitrogen and oxygen atoms in total. The third kappa shape index (κ3) is 2.76. The van der Waals surface area contributed by atoms with Gasteiger partial charge in [-0.3, -0.25) is 4.79 Å². The van der Waals surface area contributed by atoms with Gasteiger partial charge in [0.05, 0.1) is 24.5 Å². The second kappa shape index (κ2) is 5.67. The Labute approximate surface area is 136 Å². The predicted molar refractivity (Wildman–Crippen MR) is 84.6 cm³/mol. The maximum Gasteiger partial charge on any atom is 0.337 e. The second-order valence-electron chi connectivity index (χ2n) is 7.42. The molecule has 1 fully saturated rings. The molecule has 1 amide bonds. The van der Waals surface area contributed by atoms with E-state index in [1.807, 2.05) is 9.47 Å². The van der Waals surface area contributed by atoms with E-state index in [2.05, 4.69) is 20.8 Å². The maximum absolute atomic E-state index is 13.1. The number of rotatable bonds is 2. The lowest BCUT2D eigenvalue weighted by atomic mass is 9.85. The van der Waals surface area contributed by atoms with Crippen LogP contribution in [0.1, 0.15) is 60.2 Å². The van der Waals surface area contributed by atoms with E-state index >= 15 is 0 Å². The molecule has 0 bridgehead atoms. The van der Waals surface area contributed by atoms with Crippen molar-refractivity contribution in [3.05, 3.63) is 23.0 Å². The van der Waals surface area contributed by atoms with Gasteiger partial charge in [-0.2, -0.15) is 0 Å². The van der Waals surface area contributed by atoms with Gasteiger partial charge >= 0.3 is 5.97 Å². The molecule has 0 spiro atoms. The molecule has 2 aliphatic rings. The number of aromatic carboxylic acids is 1. The molecule has 0 saturated carbocycles. The minimum absolute atomic E-state index is 0.0161. The molecular formula is C17H24N2O4. The number of ether oxygens (including phenoxy) is 1. The highest BCUT2D eigenvalue weighted by molar-refractivity contribution is 5.98. The van der Waals surface area contributed by atoms with Crippen LogP contribution in [0.15, 0.2) is 6.07 Å². The summed E-state index contributed by atoms with van der Waals surface area (Å²) in [6, 6.07) is 1.71. The van der Waals surface area contributed by atoms with Crippen LogP contribution < -0.4 is 0 Å². The lowest BCUT2D eigenvalue weighted by Crippen LogP contribution is -2.43. The molecule has 1 aromatic heterocycles. The minimum Gasteiger partial charge on any atom is -0.478 e. The summed E-state index contributed by atoms with van der Waals surface area (Å²) in [6.07, 6.45) is 1.99. The van der Waals surface area contributed by atoms with Gasteiger partial charge in [-0.15, -0.1) is 0 Å². The van der Waals surface area contributed by atoms with E-state index in [0.717, 1.165) is 19.4 Å². The van der Waals surface area contributed by atoms with Crippen molar-refractivity contribution in [2.45, 2.75) is 52.8 Å². The van der Waals surface area contributed by atoms with E-state index in [0.29, 0.717) is 24.5 Å². The molecule has 0 aliphatic carbocycles. The number of likely N-dealkylation sites (tertiary alicyclic amines) is 1. The molecule has 1 aromatic rings. The van der Waals surface area contributed by atoms with Crippen LogP contribution >= 0.6 is 0 Å². The van der Waals surface area contributed by atoms with Crippen molar-refractivity contribution in [3.63, 3.8) is 0 Å². The summed E-state index contributed by atoms with van der Waals surface area (Å²) in [6.45, 7) is 8.45. The Morgan fingerprint density at radius 2 is 2.04 bits per heavy atom. The zero-order valence-corrected chi connectivity index (χ0v) is 14.0. The monoisotopic (exact) mass is 320 g/mol. The smallest absolute Gasteiger partial charge is 0.337 e. The number of carbonyl (C=O) groups excluding carboxylic acids is 1. The summed E-state index contributed by atoms with van der Waals surface area (Å²) in [5, 5.41) is 9.39. The average molecular weight is 320 g/mol. The molecule has 126 valence electrons. The number of amides is 1. The first-order valence-electron chi connectivity index (χ1n) is 8.15. The number of hydrogen-bond acceptors (Lipinski definition) is 3. The Bertz CT molecular complexity index is 642. The number of carbonyl (C=O) groups is 2. The maximum atomic E-state index is 13.1. The van der Waals surface area contributed by atoms with Crippen molar-refractivity contribution in [1.29, 1.82) is 0 Å². The Morgan fingerprint density at radius 3 is 2.70 bits per heavy atom. The molecule has 1 N–H and O–H groups in total. The fraction of sp³-hybridized carbons (Fsp3) is 0.647. The zero-order valence-electron chi connectivity index (χ0n) is 14.0. The molecule has 1 saturated heterocycles. The SMILES string of the molecule is CC(C)(C)C1CCCN1C(=O)c1cc(C(=O)O)c2n1CCOC2. The number of fused-ring (bicyclic) bond motifs is 1. The van der Waals surface area contributed by atoms with Gasteiger partial charge in [0.15, 0.2) is 0 Å². The highest BCUT2D eigenvalue weighted by Crippen LogP contribution is 2.34. The highest BCUT2D eigenvalue weighted by Gasteiger charge is 2.39. The number of carboxylic acids is 1. The first-order chi connectivity index (χ1) is 10.8. The van der Waals surface area contributed by atoms with Gasteiger partial charge in [0.2, 0.25) is 0 Å². The number of nitrogens with zero attached hydrogens (tertiary/aromatic N) is 2. The van der Waals surface area contributed by atoms with Crippen molar-refractivity contribution in [1.82, 2.24) is 9.47 Å². The van der Waals surface area contributed by atoms with E-state index in [1.165, 1.54) is 6.07 Å². The van der Waals surface area contributed by atoms with Crippen LogP contribution in [0.2, 0.25) is 0 Å². The van der Waals surface area contributed by atoms with E-state index < -0.39 is 5.97 Å². The molecule has 1 atom stereocenters. The lowest BCUT2D eigenvalue weighted by molar-refractivity contribution is 0.0579. The van der Waals surface area contributed by atoms with E-state index in [9.17, 15) is 14.7 Å².